The molecular formula is C77H141NO8P+. The van der Waals surface area contributed by atoms with Crippen molar-refractivity contribution in [1.29, 1.82) is 0 Å². The topological polar surface area (TPSA) is 108 Å². The Morgan fingerprint density at radius 2 is 0.655 bits per heavy atom. The summed E-state index contributed by atoms with van der Waals surface area (Å²) in [6.07, 6.45) is 92.7. The van der Waals surface area contributed by atoms with Crippen LogP contribution in [0, 0.1) is 0 Å². The molecule has 87 heavy (non-hydrogen) atoms. The van der Waals surface area contributed by atoms with E-state index >= 15 is 0 Å². The summed E-state index contributed by atoms with van der Waals surface area (Å²) in [5.41, 5.74) is 0. The van der Waals surface area contributed by atoms with Crippen molar-refractivity contribution in [3.63, 3.8) is 0 Å². The van der Waals surface area contributed by atoms with Crippen molar-refractivity contribution in [2.45, 2.75) is 347 Å². The Morgan fingerprint density at radius 1 is 0.368 bits per heavy atom. The van der Waals surface area contributed by atoms with Gasteiger partial charge in [-0.3, -0.25) is 18.6 Å². The van der Waals surface area contributed by atoms with E-state index in [1.54, 1.807) is 0 Å². The number of nitrogens with zero attached hydrogens (tertiary/aromatic N) is 1. The molecule has 2 atom stereocenters. The second-order valence-corrected chi connectivity index (χ2v) is 27.4. The predicted molar refractivity (Wildman–Crippen MR) is 376 cm³/mol. The fraction of sp³-hybridized carbons (Fsp3) is 0.792. The minimum atomic E-state index is -4.39. The van der Waals surface area contributed by atoms with Gasteiger partial charge in [0.1, 0.15) is 19.8 Å². The summed E-state index contributed by atoms with van der Waals surface area (Å²) < 4.78 is 34.8. The average molecular weight is 1240 g/mol. The normalized spacial score (nSPS) is 13.6. The highest BCUT2D eigenvalue weighted by Crippen LogP contribution is 2.43. The van der Waals surface area contributed by atoms with Crippen LogP contribution in [0.2, 0.25) is 0 Å². The Hall–Kier alpha value is -2.81. The highest BCUT2D eigenvalue weighted by atomic mass is 31.2. The van der Waals surface area contributed by atoms with Gasteiger partial charge in [-0.05, 0) is 70.6 Å². The van der Waals surface area contributed by atoms with E-state index in [1.807, 2.05) is 21.1 Å². The molecule has 506 valence electrons. The van der Waals surface area contributed by atoms with Crippen molar-refractivity contribution in [2.75, 3.05) is 47.5 Å². The molecule has 2 unspecified atom stereocenters. The van der Waals surface area contributed by atoms with Crippen LogP contribution in [0.4, 0.5) is 0 Å². The minimum absolute atomic E-state index is 0.0324. The lowest BCUT2D eigenvalue weighted by molar-refractivity contribution is -0.870. The van der Waals surface area contributed by atoms with Crippen molar-refractivity contribution in [3.05, 3.63) is 85.1 Å². The highest BCUT2D eigenvalue weighted by Gasteiger charge is 2.27. The minimum Gasteiger partial charge on any atom is -0.462 e. The first-order valence-corrected chi connectivity index (χ1v) is 38.3. The van der Waals surface area contributed by atoms with E-state index in [4.69, 9.17) is 18.5 Å². The number of phosphoric acid groups is 1. The number of esters is 2. The van der Waals surface area contributed by atoms with Crippen LogP contribution in [0.5, 0.6) is 0 Å². The number of rotatable bonds is 68. The van der Waals surface area contributed by atoms with Gasteiger partial charge in [-0.25, -0.2) is 4.57 Å². The van der Waals surface area contributed by atoms with Crippen LogP contribution in [-0.4, -0.2) is 74.9 Å². The third-order valence-electron chi connectivity index (χ3n) is 16.2. The molecule has 9 nitrogen and oxygen atoms in total. The number of phosphoric ester groups is 1. The van der Waals surface area contributed by atoms with E-state index < -0.39 is 26.5 Å². The van der Waals surface area contributed by atoms with Gasteiger partial charge in [0, 0.05) is 12.8 Å². The molecule has 0 aromatic rings. The molecule has 10 heteroatoms. The van der Waals surface area contributed by atoms with Gasteiger partial charge >= 0.3 is 19.8 Å². The molecule has 0 heterocycles. The predicted octanol–water partition coefficient (Wildman–Crippen LogP) is 24.1. The second kappa shape index (κ2) is 67.6. The number of quaternary nitrogens is 1. The number of carbonyl (C=O) groups is 2. The van der Waals surface area contributed by atoms with Crippen LogP contribution < -0.4 is 0 Å². The fourth-order valence-corrected chi connectivity index (χ4v) is 11.3. The lowest BCUT2D eigenvalue weighted by Gasteiger charge is -2.24. The maximum absolute atomic E-state index is 12.9. The quantitative estimate of drug-likeness (QED) is 0.0211. The van der Waals surface area contributed by atoms with Gasteiger partial charge in [0.05, 0.1) is 27.7 Å². The van der Waals surface area contributed by atoms with Gasteiger partial charge in [0.25, 0.3) is 0 Å². The van der Waals surface area contributed by atoms with E-state index in [0.29, 0.717) is 23.9 Å². The number of ether oxygens (including phenoxy) is 2. The standard InChI is InChI=1S/C77H140NO8P/c1-6-8-10-12-14-16-18-20-22-24-26-28-30-32-33-34-35-36-37-38-39-40-41-42-43-44-45-46-48-50-52-54-56-58-60-62-64-66-68-70-77(80)86-75(74-85-87(81,82)84-72-71-78(3,4)5)73-83-76(79)69-67-65-63-61-59-57-55-53-51-49-47-31-29-27-25-23-21-19-17-15-13-11-9-7-2/h8,10,14,16,20,22,26,28,32-33,35-36,38-39,75H,6-7,9,11-13,15,17-19,21,23-25,27,29-31,34,37,40-74H2,1-5H3/p+1/b10-8-,16-14-,22-20-,28-26-,33-32-,36-35-,39-38-. The zero-order valence-corrected chi connectivity index (χ0v) is 58.6. The highest BCUT2D eigenvalue weighted by molar-refractivity contribution is 7.47. The summed E-state index contributed by atoms with van der Waals surface area (Å²) in [5, 5.41) is 0. The number of likely N-dealkylation sites (N-methyl/N-ethyl adjacent to an activating group) is 1. The molecule has 0 aromatic heterocycles. The van der Waals surface area contributed by atoms with Crippen LogP contribution in [0.15, 0.2) is 85.1 Å². The first-order valence-electron chi connectivity index (χ1n) is 36.8. The molecule has 0 aliphatic rings. The first-order chi connectivity index (χ1) is 42.5. The van der Waals surface area contributed by atoms with Crippen molar-refractivity contribution in [1.82, 2.24) is 0 Å². The SMILES string of the molecule is CC/C=C\C/C=C\C/C=C\C/C=C\C/C=C\C/C=C\C/C=C\CCCCCCCCCCCCCCCCCCCC(=O)OC(COC(=O)CCCCCCCCCCCCCCCCCCCCCCCCCC)COP(=O)(O)OCC[N+](C)(C)C. The Kier molecular flexibility index (Phi) is 65.4. The molecule has 0 spiro atoms. The van der Waals surface area contributed by atoms with Gasteiger partial charge in [-0.2, -0.15) is 0 Å². The van der Waals surface area contributed by atoms with Crippen molar-refractivity contribution >= 4 is 19.8 Å². The van der Waals surface area contributed by atoms with Crippen LogP contribution >= 0.6 is 7.82 Å². The van der Waals surface area contributed by atoms with E-state index in [9.17, 15) is 19.0 Å². The molecule has 0 aliphatic heterocycles. The zero-order chi connectivity index (χ0) is 63.4. The lowest BCUT2D eigenvalue weighted by Crippen LogP contribution is -2.37. The third kappa shape index (κ3) is 72.1. The van der Waals surface area contributed by atoms with E-state index in [2.05, 4.69) is 98.9 Å². The van der Waals surface area contributed by atoms with Crippen molar-refractivity contribution in [3.8, 4) is 0 Å². The molecule has 0 rings (SSSR count). The number of allylic oxidation sites excluding steroid dienone is 14. The molecule has 0 amide bonds. The Labute approximate surface area is 539 Å². The summed E-state index contributed by atoms with van der Waals surface area (Å²) >= 11 is 0. The van der Waals surface area contributed by atoms with Crippen molar-refractivity contribution in [2.24, 2.45) is 0 Å². The largest absolute Gasteiger partial charge is 0.472 e. The molecule has 1 N–H and O–H groups in total. The number of carbonyl (C=O) groups excluding carboxylic acids is 2. The fourth-order valence-electron chi connectivity index (χ4n) is 10.6. The summed E-state index contributed by atoms with van der Waals surface area (Å²) in [6.45, 7) is 4.38. The van der Waals surface area contributed by atoms with Gasteiger partial charge in [-0.1, -0.05) is 343 Å². The van der Waals surface area contributed by atoms with Crippen LogP contribution in [0.25, 0.3) is 0 Å². The number of unbranched alkanes of at least 4 members (excludes halogenated alkanes) is 40. The Morgan fingerprint density at radius 3 is 0.977 bits per heavy atom. The van der Waals surface area contributed by atoms with Gasteiger partial charge in [0.15, 0.2) is 6.10 Å². The second-order valence-electron chi connectivity index (χ2n) is 26.0. The number of hydrogen-bond acceptors (Lipinski definition) is 7. The molecule has 0 radical (unpaired) electrons. The molecule has 0 saturated heterocycles. The molecule has 0 aromatic carbocycles. The van der Waals surface area contributed by atoms with E-state index in [-0.39, 0.29) is 25.6 Å². The lowest BCUT2D eigenvalue weighted by atomic mass is 10.0. The summed E-state index contributed by atoms with van der Waals surface area (Å²) in [6, 6.07) is 0. The molecular weight excluding hydrogens is 1100 g/mol. The van der Waals surface area contributed by atoms with Crippen molar-refractivity contribution < 1.29 is 42.1 Å². The van der Waals surface area contributed by atoms with Gasteiger partial charge in [0.2, 0.25) is 0 Å². The summed E-state index contributed by atoms with van der Waals surface area (Å²) in [7, 11) is 1.49. The van der Waals surface area contributed by atoms with Crippen LogP contribution in [0.3, 0.4) is 0 Å². The van der Waals surface area contributed by atoms with E-state index in [1.165, 1.54) is 231 Å². The maximum atomic E-state index is 12.9. The molecule has 0 aliphatic carbocycles. The summed E-state index contributed by atoms with van der Waals surface area (Å²) in [4.78, 5) is 35.9. The number of hydrogen-bond donors (Lipinski definition) is 1. The van der Waals surface area contributed by atoms with Gasteiger partial charge in [-0.15, -0.1) is 0 Å². The average Bonchev–Trinajstić information content (AvgIpc) is 3.68. The summed E-state index contributed by atoms with van der Waals surface area (Å²) in [5.74, 6) is -0.780. The zero-order valence-electron chi connectivity index (χ0n) is 57.8. The molecule has 0 fully saturated rings. The monoisotopic (exact) mass is 1240 g/mol. The van der Waals surface area contributed by atoms with Gasteiger partial charge < -0.3 is 18.9 Å². The first kappa shape index (κ1) is 84.2. The Bertz CT molecular complexity index is 1740. The maximum Gasteiger partial charge on any atom is 0.472 e. The smallest absolute Gasteiger partial charge is 0.462 e. The van der Waals surface area contributed by atoms with Crippen LogP contribution in [0.1, 0.15) is 341 Å². The molecule has 0 bridgehead atoms. The van der Waals surface area contributed by atoms with E-state index in [0.717, 1.165) is 77.0 Å². The van der Waals surface area contributed by atoms with Crippen LogP contribution in [-0.2, 0) is 32.7 Å². The third-order valence-corrected chi connectivity index (χ3v) is 17.2. The molecule has 0 saturated carbocycles. The Balaban J connectivity index is 3.98.